The van der Waals surface area contributed by atoms with Gasteiger partial charge in [0.1, 0.15) is 25.0 Å². The molecule has 106 valence electrons. The molecular formula is C14H20Cl2NO2+. The minimum absolute atomic E-state index is 0.259. The minimum atomic E-state index is -0.477. The van der Waals surface area contributed by atoms with Gasteiger partial charge in [0.05, 0.1) is 25.2 Å². The van der Waals surface area contributed by atoms with Gasteiger partial charge in [-0.05, 0) is 18.2 Å². The second-order valence-electron chi connectivity index (χ2n) is 5.50. The molecule has 0 aromatic heterocycles. The largest absolute Gasteiger partial charge is 0.489 e. The summed E-state index contributed by atoms with van der Waals surface area (Å²) in [7, 11) is 2.19. The highest BCUT2D eigenvalue weighted by atomic mass is 35.5. The van der Waals surface area contributed by atoms with E-state index >= 15 is 0 Å². The van der Waals surface area contributed by atoms with E-state index < -0.39 is 6.10 Å². The average Bonchev–Trinajstić information content (AvgIpc) is 2.74. The Bertz CT molecular complexity index is 433. The Hall–Kier alpha value is -0.480. The number of aliphatic hydroxyl groups is 1. The molecule has 0 amide bonds. The summed E-state index contributed by atoms with van der Waals surface area (Å²) in [6.45, 7) is 3.26. The lowest BCUT2D eigenvalue weighted by Crippen LogP contribution is -2.47. The first kappa shape index (κ1) is 14.9. The fourth-order valence-electron chi connectivity index (χ4n) is 2.62. The molecule has 1 aliphatic heterocycles. The van der Waals surface area contributed by atoms with Crippen molar-refractivity contribution in [3.8, 4) is 5.75 Å². The highest BCUT2D eigenvalue weighted by molar-refractivity contribution is 6.35. The summed E-state index contributed by atoms with van der Waals surface area (Å²) in [6.07, 6.45) is 2.01. The second-order valence-corrected chi connectivity index (χ2v) is 6.34. The van der Waals surface area contributed by atoms with Gasteiger partial charge in [-0.3, -0.25) is 0 Å². The molecule has 0 saturated carbocycles. The van der Waals surface area contributed by atoms with Gasteiger partial charge in [0.25, 0.3) is 0 Å². The number of quaternary nitrogens is 1. The molecule has 1 saturated heterocycles. The number of benzene rings is 1. The molecule has 0 aliphatic carbocycles. The van der Waals surface area contributed by atoms with Gasteiger partial charge in [-0.1, -0.05) is 23.2 Å². The van der Waals surface area contributed by atoms with Gasteiger partial charge in [-0.15, -0.1) is 0 Å². The van der Waals surface area contributed by atoms with Gasteiger partial charge in [0.15, 0.2) is 0 Å². The molecule has 0 radical (unpaired) electrons. The molecule has 1 fully saturated rings. The Labute approximate surface area is 124 Å². The molecule has 0 spiro atoms. The van der Waals surface area contributed by atoms with Crippen LogP contribution in [0.2, 0.25) is 10.0 Å². The maximum Gasteiger partial charge on any atom is 0.138 e. The van der Waals surface area contributed by atoms with Gasteiger partial charge in [0, 0.05) is 17.9 Å². The molecule has 3 nitrogen and oxygen atoms in total. The van der Waals surface area contributed by atoms with Crippen molar-refractivity contribution >= 4 is 23.2 Å². The quantitative estimate of drug-likeness (QED) is 0.848. The van der Waals surface area contributed by atoms with Crippen LogP contribution in [0.4, 0.5) is 0 Å². The number of hydrogen-bond donors (Lipinski definition) is 1. The van der Waals surface area contributed by atoms with Crippen molar-refractivity contribution in [1.29, 1.82) is 0 Å². The molecule has 2 rings (SSSR count). The first-order valence-corrected chi connectivity index (χ1v) is 7.34. The molecule has 1 N–H and O–H groups in total. The lowest BCUT2D eigenvalue weighted by atomic mass is 10.3. The maximum absolute atomic E-state index is 10.1. The predicted molar refractivity (Wildman–Crippen MR) is 78.0 cm³/mol. The smallest absolute Gasteiger partial charge is 0.138 e. The van der Waals surface area contributed by atoms with Gasteiger partial charge in [0.2, 0.25) is 0 Å². The molecule has 1 unspecified atom stereocenters. The molecule has 1 heterocycles. The third kappa shape index (κ3) is 4.25. The normalized spacial score (nSPS) is 19.4. The number of likely N-dealkylation sites (tertiary alicyclic amines) is 1. The third-order valence-corrected chi connectivity index (χ3v) is 4.15. The number of aliphatic hydroxyl groups excluding tert-OH is 1. The summed E-state index contributed by atoms with van der Waals surface area (Å²) < 4.78 is 6.49. The van der Waals surface area contributed by atoms with Crippen LogP contribution in [0.25, 0.3) is 0 Å². The van der Waals surface area contributed by atoms with Crippen LogP contribution in [0.1, 0.15) is 12.8 Å². The van der Waals surface area contributed by atoms with Crippen LogP contribution in [-0.2, 0) is 0 Å². The zero-order chi connectivity index (χ0) is 13.9. The van der Waals surface area contributed by atoms with E-state index in [1.54, 1.807) is 18.2 Å². The van der Waals surface area contributed by atoms with Crippen molar-refractivity contribution in [2.24, 2.45) is 0 Å². The number of likely N-dealkylation sites (N-methyl/N-ethyl adjacent to an activating group) is 1. The lowest BCUT2D eigenvalue weighted by molar-refractivity contribution is -0.900. The first-order valence-electron chi connectivity index (χ1n) is 6.58. The minimum Gasteiger partial charge on any atom is -0.489 e. The number of nitrogens with zero attached hydrogens (tertiary/aromatic N) is 1. The molecule has 5 heteroatoms. The third-order valence-electron chi connectivity index (χ3n) is 3.62. The highest BCUT2D eigenvalue weighted by Crippen LogP contribution is 2.27. The summed E-state index contributed by atoms with van der Waals surface area (Å²) in [5.74, 6) is 0.564. The highest BCUT2D eigenvalue weighted by Gasteiger charge is 2.29. The van der Waals surface area contributed by atoms with Crippen LogP contribution < -0.4 is 4.74 Å². The van der Waals surface area contributed by atoms with Gasteiger partial charge < -0.3 is 14.3 Å². The monoisotopic (exact) mass is 304 g/mol. The Balaban J connectivity index is 1.84. The SMILES string of the molecule is C[N+]1(CC(O)COc2ccc(Cl)cc2Cl)CCCC1. The summed E-state index contributed by atoms with van der Waals surface area (Å²) in [4.78, 5) is 0. The fraction of sp³-hybridized carbons (Fsp3) is 0.571. The standard InChI is InChI=1S/C14H20Cl2NO2/c1-17(6-2-3-7-17)9-12(18)10-19-14-5-4-11(15)8-13(14)16/h4-5,8,12,18H,2-3,6-7,9-10H2,1H3/q+1. The Morgan fingerprint density at radius 3 is 2.63 bits per heavy atom. The zero-order valence-corrected chi connectivity index (χ0v) is 12.6. The topological polar surface area (TPSA) is 29.5 Å². The van der Waals surface area contributed by atoms with E-state index in [-0.39, 0.29) is 6.61 Å². The van der Waals surface area contributed by atoms with Crippen LogP contribution in [0.3, 0.4) is 0 Å². The Kier molecular flexibility index (Phi) is 4.96. The lowest BCUT2D eigenvalue weighted by Gasteiger charge is -2.31. The van der Waals surface area contributed by atoms with Gasteiger partial charge >= 0.3 is 0 Å². The van der Waals surface area contributed by atoms with Crippen LogP contribution in [0.15, 0.2) is 18.2 Å². The van der Waals surface area contributed by atoms with Crippen molar-refractivity contribution in [3.05, 3.63) is 28.2 Å². The zero-order valence-electron chi connectivity index (χ0n) is 11.1. The fourth-order valence-corrected chi connectivity index (χ4v) is 3.08. The van der Waals surface area contributed by atoms with Crippen molar-refractivity contribution in [2.75, 3.05) is 33.3 Å². The summed E-state index contributed by atoms with van der Waals surface area (Å²) in [5.41, 5.74) is 0. The van der Waals surface area contributed by atoms with E-state index in [2.05, 4.69) is 7.05 Å². The molecule has 1 atom stereocenters. The van der Waals surface area contributed by atoms with E-state index in [1.807, 2.05) is 0 Å². The van der Waals surface area contributed by atoms with Crippen molar-refractivity contribution in [3.63, 3.8) is 0 Å². The number of rotatable bonds is 5. The van der Waals surface area contributed by atoms with E-state index in [9.17, 15) is 5.11 Å². The average molecular weight is 305 g/mol. The van der Waals surface area contributed by atoms with E-state index in [1.165, 1.54) is 12.8 Å². The predicted octanol–water partition coefficient (Wildman–Crippen LogP) is 2.97. The van der Waals surface area contributed by atoms with Gasteiger partial charge in [-0.2, -0.15) is 0 Å². The number of hydrogen-bond acceptors (Lipinski definition) is 2. The van der Waals surface area contributed by atoms with Crippen LogP contribution in [0, 0.1) is 0 Å². The molecule has 1 aromatic rings. The van der Waals surface area contributed by atoms with Crippen molar-refractivity contribution in [2.45, 2.75) is 18.9 Å². The second kappa shape index (κ2) is 6.31. The summed E-state index contributed by atoms with van der Waals surface area (Å²) >= 11 is 11.8. The van der Waals surface area contributed by atoms with Crippen LogP contribution in [0.5, 0.6) is 5.75 Å². The molecule has 19 heavy (non-hydrogen) atoms. The molecule has 1 aromatic carbocycles. The molecular weight excluding hydrogens is 285 g/mol. The van der Waals surface area contributed by atoms with Crippen LogP contribution >= 0.6 is 23.2 Å². The first-order chi connectivity index (χ1) is 8.98. The van der Waals surface area contributed by atoms with Crippen molar-refractivity contribution in [1.82, 2.24) is 0 Å². The Morgan fingerprint density at radius 1 is 1.32 bits per heavy atom. The van der Waals surface area contributed by atoms with E-state index in [0.29, 0.717) is 15.8 Å². The summed E-state index contributed by atoms with van der Waals surface area (Å²) in [6, 6.07) is 5.09. The summed E-state index contributed by atoms with van der Waals surface area (Å²) in [5, 5.41) is 11.1. The maximum atomic E-state index is 10.1. The van der Waals surface area contributed by atoms with Crippen LogP contribution in [-0.4, -0.2) is 49.0 Å². The molecule has 0 bridgehead atoms. The number of ether oxygens (including phenoxy) is 1. The Morgan fingerprint density at radius 2 is 2.00 bits per heavy atom. The van der Waals surface area contributed by atoms with E-state index in [4.69, 9.17) is 27.9 Å². The number of halogens is 2. The van der Waals surface area contributed by atoms with E-state index in [0.717, 1.165) is 24.1 Å². The van der Waals surface area contributed by atoms with Gasteiger partial charge in [-0.25, -0.2) is 0 Å². The molecule has 1 aliphatic rings. The van der Waals surface area contributed by atoms with Crippen molar-refractivity contribution < 1.29 is 14.3 Å².